The number of amides is 1. The minimum atomic E-state index is -3.74. The summed E-state index contributed by atoms with van der Waals surface area (Å²) >= 11 is 6.08. The van der Waals surface area contributed by atoms with Crippen LogP contribution in [-0.2, 0) is 19.6 Å². The van der Waals surface area contributed by atoms with Crippen molar-refractivity contribution in [1.29, 1.82) is 0 Å². The molecular weight excluding hydrogens is 392 g/mol. The molecule has 144 valence electrons. The molecule has 0 spiro atoms. The molecule has 0 bridgehead atoms. The Labute approximate surface area is 162 Å². The summed E-state index contributed by atoms with van der Waals surface area (Å²) in [7, 11) is -1.21. The lowest BCUT2D eigenvalue weighted by molar-refractivity contribution is -0.141. The molecule has 0 aliphatic rings. The van der Waals surface area contributed by atoms with Crippen LogP contribution in [0.3, 0.4) is 0 Å². The average Bonchev–Trinajstić information content (AvgIpc) is 2.68. The second-order valence-corrected chi connectivity index (χ2v) is 7.86. The van der Waals surface area contributed by atoms with Gasteiger partial charge in [0.25, 0.3) is 5.91 Å². The monoisotopic (exact) mass is 410 g/mol. The Bertz CT molecular complexity index is 932. The first-order valence-corrected chi connectivity index (χ1v) is 9.80. The van der Waals surface area contributed by atoms with E-state index in [2.05, 4.69) is 14.8 Å². The lowest BCUT2D eigenvalue weighted by atomic mass is 10.0. The van der Waals surface area contributed by atoms with E-state index in [9.17, 15) is 18.0 Å². The SMILES string of the molecule is CNS(=O)(=O)c1ccc(Cl)c(C(=O)NC(CC(=O)OC)c2ccccc2)c1. The fraction of sp³-hybridized carbons (Fsp3) is 0.222. The van der Waals surface area contributed by atoms with Crippen LogP contribution in [0.2, 0.25) is 5.02 Å². The molecular formula is C18H19ClN2O5S. The number of benzene rings is 2. The molecule has 1 amide bonds. The number of esters is 1. The minimum Gasteiger partial charge on any atom is -0.469 e. The fourth-order valence-corrected chi connectivity index (χ4v) is 3.35. The van der Waals surface area contributed by atoms with Gasteiger partial charge in [-0.05, 0) is 30.8 Å². The topological polar surface area (TPSA) is 102 Å². The van der Waals surface area contributed by atoms with Crippen molar-refractivity contribution in [2.75, 3.05) is 14.2 Å². The Balaban J connectivity index is 2.35. The minimum absolute atomic E-state index is 0.0150. The molecule has 0 heterocycles. The molecule has 0 aliphatic carbocycles. The van der Waals surface area contributed by atoms with Gasteiger partial charge in [0.2, 0.25) is 10.0 Å². The molecule has 0 saturated heterocycles. The number of rotatable bonds is 7. The number of carbonyl (C=O) groups excluding carboxylic acids is 2. The Hall–Kier alpha value is -2.42. The van der Waals surface area contributed by atoms with Crippen LogP contribution in [0.25, 0.3) is 0 Å². The molecule has 7 nitrogen and oxygen atoms in total. The van der Waals surface area contributed by atoms with Gasteiger partial charge in [-0.2, -0.15) is 0 Å². The van der Waals surface area contributed by atoms with E-state index in [1.165, 1.54) is 32.4 Å². The van der Waals surface area contributed by atoms with Gasteiger partial charge in [-0.1, -0.05) is 41.9 Å². The summed E-state index contributed by atoms with van der Waals surface area (Å²) in [4.78, 5) is 24.3. The molecule has 2 rings (SSSR count). The number of halogens is 1. The van der Waals surface area contributed by atoms with Crippen molar-refractivity contribution >= 4 is 33.5 Å². The first-order valence-electron chi connectivity index (χ1n) is 7.94. The Morgan fingerprint density at radius 1 is 1.15 bits per heavy atom. The highest BCUT2D eigenvalue weighted by Gasteiger charge is 2.22. The summed E-state index contributed by atoms with van der Waals surface area (Å²) < 4.78 is 30.8. The molecule has 0 aromatic heterocycles. The van der Waals surface area contributed by atoms with E-state index < -0.39 is 27.9 Å². The number of methoxy groups -OCH3 is 1. The van der Waals surface area contributed by atoms with Crippen molar-refractivity contribution in [2.45, 2.75) is 17.4 Å². The van der Waals surface area contributed by atoms with Gasteiger partial charge in [-0.3, -0.25) is 9.59 Å². The van der Waals surface area contributed by atoms with E-state index in [1.54, 1.807) is 24.3 Å². The second-order valence-electron chi connectivity index (χ2n) is 5.57. The molecule has 1 unspecified atom stereocenters. The summed E-state index contributed by atoms with van der Waals surface area (Å²) in [5, 5.41) is 2.80. The van der Waals surface area contributed by atoms with Crippen LogP contribution in [0.4, 0.5) is 0 Å². The Kier molecular flexibility index (Phi) is 6.95. The molecule has 1 atom stereocenters. The van der Waals surface area contributed by atoms with Crippen LogP contribution < -0.4 is 10.0 Å². The third-order valence-electron chi connectivity index (χ3n) is 3.87. The Morgan fingerprint density at radius 2 is 1.81 bits per heavy atom. The van der Waals surface area contributed by atoms with Crippen LogP contribution in [0.5, 0.6) is 0 Å². The van der Waals surface area contributed by atoms with Crippen molar-refractivity contribution in [3.05, 3.63) is 64.7 Å². The third-order valence-corrected chi connectivity index (χ3v) is 5.61. The van der Waals surface area contributed by atoms with E-state index in [0.29, 0.717) is 5.56 Å². The standard InChI is InChI=1S/C18H19ClN2O5S/c1-20-27(24,25)13-8-9-15(19)14(10-13)18(23)21-16(11-17(22)26-2)12-6-4-3-5-7-12/h3-10,16,20H,11H2,1-2H3,(H,21,23). The molecule has 2 aromatic rings. The maximum absolute atomic E-state index is 12.7. The zero-order valence-electron chi connectivity index (χ0n) is 14.7. The number of ether oxygens (including phenoxy) is 1. The van der Waals surface area contributed by atoms with Gasteiger partial charge in [0.05, 0.1) is 35.1 Å². The van der Waals surface area contributed by atoms with Gasteiger partial charge >= 0.3 is 5.97 Å². The first kappa shape index (κ1) is 20.9. The van der Waals surface area contributed by atoms with E-state index in [4.69, 9.17) is 11.6 Å². The number of carbonyl (C=O) groups is 2. The molecule has 2 N–H and O–H groups in total. The lowest BCUT2D eigenvalue weighted by Gasteiger charge is -2.19. The smallest absolute Gasteiger partial charge is 0.307 e. The number of sulfonamides is 1. The van der Waals surface area contributed by atoms with Crippen LogP contribution in [-0.4, -0.2) is 34.5 Å². The second kappa shape index (κ2) is 8.98. The van der Waals surface area contributed by atoms with Crippen LogP contribution in [0.1, 0.15) is 28.4 Å². The van der Waals surface area contributed by atoms with Crippen LogP contribution in [0, 0.1) is 0 Å². The zero-order valence-corrected chi connectivity index (χ0v) is 16.3. The highest BCUT2D eigenvalue weighted by atomic mass is 35.5. The van der Waals surface area contributed by atoms with E-state index in [-0.39, 0.29) is 21.9 Å². The fourth-order valence-electron chi connectivity index (χ4n) is 2.39. The van der Waals surface area contributed by atoms with Gasteiger partial charge in [0.15, 0.2) is 0 Å². The number of nitrogens with one attached hydrogen (secondary N) is 2. The van der Waals surface area contributed by atoms with Crippen LogP contribution >= 0.6 is 11.6 Å². The molecule has 0 saturated carbocycles. The molecule has 0 radical (unpaired) electrons. The zero-order chi connectivity index (χ0) is 20.0. The molecule has 9 heteroatoms. The predicted molar refractivity (Wildman–Crippen MR) is 101 cm³/mol. The largest absolute Gasteiger partial charge is 0.469 e. The van der Waals surface area contributed by atoms with Crippen molar-refractivity contribution < 1.29 is 22.7 Å². The molecule has 2 aromatic carbocycles. The third kappa shape index (κ3) is 5.29. The number of hydrogen-bond donors (Lipinski definition) is 2. The van der Waals surface area contributed by atoms with Gasteiger partial charge < -0.3 is 10.1 Å². The molecule has 27 heavy (non-hydrogen) atoms. The summed E-state index contributed by atoms with van der Waals surface area (Å²) in [6.45, 7) is 0. The normalized spacial score (nSPS) is 12.3. The van der Waals surface area contributed by atoms with Gasteiger partial charge in [-0.15, -0.1) is 0 Å². The summed E-state index contributed by atoms with van der Waals surface area (Å²) in [6, 6.07) is 12.0. The predicted octanol–water partition coefficient (Wildman–Crippen LogP) is 2.28. The molecule has 0 aliphatic heterocycles. The van der Waals surface area contributed by atoms with Gasteiger partial charge in [-0.25, -0.2) is 13.1 Å². The number of hydrogen-bond acceptors (Lipinski definition) is 5. The summed E-state index contributed by atoms with van der Waals surface area (Å²) in [6.07, 6.45) is -0.0849. The van der Waals surface area contributed by atoms with Crippen LogP contribution in [0.15, 0.2) is 53.4 Å². The van der Waals surface area contributed by atoms with E-state index in [0.717, 1.165) is 0 Å². The lowest BCUT2D eigenvalue weighted by Crippen LogP contribution is -2.31. The average molecular weight is 411 g/mol. The van der Waals surface area contributed by atoms with Gasteiger partial charge in [0, 0.05) is 0 Å². The highest BCUT2D eigenvalue weighted by molar-refractivity contribution is 7.89. The van der Waals surface area contributed by atoms with Crippen molar-refractivity contribution in [1.82, 2.24) is 10.0 Å². The first-order chi connectivity index (χ1) is 12.8. The maximum atomic E-state index is 12.7. The quantitative estimate of drug-likeness (QED) is 0.682. The van der Waals surface area contributed by atoms with Crippen molar-refractivity contribution in [3.8, 4) is 0 Å². The molecule has 0 fully saturated rings. The van der Waals surface area contributed by atoms with Crippen molar-refractivity contribution in [3.63, 3.8) is 0 Å². The van der Waals surface area contributed by atoms with Gasteiger partial charge in [0.1, 0.15) is 0 Å². The Morgan fingerprint density at radius 3 is 2.41 bits per heavy atom. The van der Waals surface area contributed by atoms with E-state index >= 15 is 0 Å². The summed E-state index contributed by atoms with van der Waals surface area (Å²) in [5.41, 5.74) is 0.685. The maximum Gasteiger partial charge on any atom is 0.307 e. The van der Waals surface area contributed by atoms with E-state index in [1.807, 2.05) is 6.07 Å². The summed E-state index contributed by atoms with van der Waals surface area (Å²) in [5.74, 6) is -1.10. The highest BCUT2D eigenvalue weighted by Crippen LogP contribution is 2.23. The van der Waals surface area contributed by atoms with Crippen molar-refractivity contribution in [2.24, 2.45) is 0 Å².